The van der Waals surface area contributed by atoms with Crippen molar-refractivity contribution < 1.29 is 4.79 Å². The Morgan fingerprint density at radius 3 is 2.57 bits per heavy atom. The molecule has 4 nitrogen and oxygen atoms in total. The van der Waals surface area contributed by atoms with Crippen molar-refractivity contribution in [2.75, 3.05) is 6.54 Å². The number of piperidine rings is 1. The molecular formula is C19H29N3O. The predicted molar refractivity (Wildman–Crippen MR) is 89.9 cm³/mol. The van der Waals surface area contributed by atoms with E-state index in [1.54, 1.807) is 0 Å². The molecule has 0 aromatic carbocycles. The summed E-state index contributed by atoms with van der Waals surface area (Å²) >= 11 is 0. The number of aryl methyl sites for hydroxylation is 1. The SMILES string of the molecule is Cc1cnn(CC2CCCCN2C(=O)CC(C2CC2)C2CC2)c1. The van der Waals surface area contributed by atoms with E-state index in [1.165, 1.54) is 37.7 Å². The van der Waals surface area contributed by atoms with E-state index in [9.17, 15) is 4.79 Å². The summed E-state index contributed by atoms with van der Waals surface area (Å²) in [5, 5.41) is 4.42. The molecule has 1 amide bonds. The molecule has 1 saturated heterocycles. The molecule has 23 heavy (non-hydrogen) atoms. The number of hydrogen-bond acceptors (Lipinski definition) is 2. The smallest absolute Gasteiger partial charge is 0.223 e. The Labute approximate surface area is 139 Å². The average molecular weight is 315 g/mol. The third kappa shape index (κ3) is 3.61. The van der Waals surface area contributed by atoms with Crippen LogP contribution in [-0.2, 0) is 11.3 Å². The van der Waals surface area contributed by atoms with Gasteiger partial charge in [-0.15, -0.1) is 0 Å². The summed E-state index contributed by atoms with van der Waals surface area (Å²) in [5.41, 5.74) is 1.20. The summed E-state index contributed by atoms with van der Waals surface area (Å²) in [6.45, 7) is 3.88. The van der Waals surface area contributed by atoms with Gasteiger partial charge in [-0.2, -0.15) is 5.10 Å². The van der Waals surface area contributed by atoms with Crippen LogP contribution in [0.4, 0.5) is 0 Å². The van der Waals surface area contributed by atoms with Gasteiger partial charge in [0.25, 0.3) is 0 Å². The maximum atomic E-state index is 13.0. The van der Waals surface area contributed by atoms with Crippen LogP contribution in [0, 0.1) is 24.7 Å². The highest BCUT2D eigenvalue weighted by Gasteiger charge is 2.43. The number of aromatic nitrogens is 2. The van der Waals surface area contributed by atoms with Crippen LogP contribution >= 0.6 is 0 Å². The highest BCUT2D eigenvalue weighted by Crippen LogP contribution is 2.51. The van der Waals surface area contributed by atoms with Crippen LogP contribution in [0.25, 0.3) is 0 Å². The molecule has 0 bridgehead atoms. The molecule has 1 atom stereocenters. The zero-order valence-corrected chi connectivity index (χ0v) is 14.3. The zero-order valence-electron chi connectivity index (χ0n) is 14.3. The molecule has 0 radical (unpaired) electrons. The maximum absolute atomic E-state index is 13.0. The van der Waals surface area contributed by atoms with Gasteiger partial charge in [0.05, 0.1) is 18.8 Å². The molecule has 2 aliphatic carbocycles. The van der Waals surface area contributed by atoms with Crippen molar-refractivity contribution >= 4 is 5.91 Å². The minimum absolute atomic E-state index is 0.342. The number of rotatable bonds is 6. The number of amides is 1. The molecular weight excluding hydrogens is 286 g/mol. The minimum Gasteiger partial charge on any atom is -0.338 e. The summed E-state index contributed by atoms with van der Waals surface area (Å²) in [4.78, 5) is 15.2. The average Bonchev–Trinajstić information content (AvgIpc) is 3.45. The molecule has 126 valence electrons. The predicted octanol–water partition coefficient (Wildman–Crippen LogP) is 3.40. The quantitative estimate of drug-likeness (QED) is 0.807. The van der Waals surface area contributed by atoms with Gasteiger partial charge in [0.2, 0.25) is 5.91 Å². The van der Waals surface area contributed by atoms with Gasteiger partial charge in [-0.05, 0) is 75.2 Å². The molecule has 2 saturated carbocycles. The number of nitrogens with zero attached hydrogens (tertiary/aromatic N) is 3. The molecule has 1 unspecified atom stereocenters. The maximum Gasteiger partial charge on any atom is 0.223 e. The molecule has 3 aliphatic rings. The molecule has 2 heterocycles. The largest absolute Gasteiger partial charge is 0.338 e. The lowest BCUT2D eigenvalue weighted by molar-refractivity contribution is -0.136. The molecule has 1 aromatic rings. The van der Waals surface area contributed by atoms with Crippen molar-refractivity contribution in [1.82, 2.24) is 14.7 Å². The van der Waals surface area contributed by atoms with Gasteiger partial charge in [0, 0.05) is 19.2 Å². The Kier molecular flexibility index (Phi) is 4.16. The van der Waals surface area contributed by atoms with Crippen molar-refractivity contribution in [3.63, 3.8) is 0 Å². The topological polar surface area (TPSA) is 38.1 Å². The van der Waals surface area contributed by atoms with Crippen molar-refractivity contribution in [3.05, 3.63) is 18.0 Å². The van der Waals surface area contributed by atoms with Gasteiger partial charge < -0.3 is 4.90 Å². The van der Waals surface area contributed by atoms with Crippen molar-refractivity contribution in [1.29, 1.82) is 0 Å². The first-order valence-corrected chi connectivity index (χ1v) is 9.49. The summed E-state index contributed by atoms with van der Waals surface area (Å²) < 4.78 is 2.02. The second-order valence-electron chi connectivity index (χ2n) is 8.02. The normalized spacial score (nSPS) is 25.1. The third-order valence-electron chi connectivity index (χ3n) is 5.97. The molecule has 3 fully saturated rings. The summed E-state index contributed by atoms with van der Waals surface area (Å²) in [6, 6.07) is 0.342. The van der Waals surface area contributed by atoms with E-state index < -0.39 is 0 Å². The van der Waals surface area contributed by atoms with Gasteiger partial charge in [0.15, 0.2) is 0 Å². The number of carbonyl (C=O) groups is 1. The van der Waals surface area contributed by atoms with E-state index in [1.807, 2.05) is 10.9 Å². The van der Waals surface area contributed by atoms with Crippen molar-refractivity contribution in [2.45, 2.75) is 70.9 Å². The fourth-order valence-corrected chi connectivity index (χ4v) is 4.39. The molecule has 4 rings (SSSR count). The van der Waals surface area contributed by atoms with Crippen LogP contribution in [0.15, 0.2) is 12.4 Å². The van der Waals surface area contributed by atoms with Gasteiger partial charge in [0.1, 0.15) is 0 Å². The lowest BCUT2D eigenvalue weighted by Gasteiger charge is -2.36. The second-order valence-corrected chi connectivity index (χ2v) is 8.02. The van der Waals surface area contributed by atoms with E-state index in [-0.39, 0.29) is 0 Å². The Balaban J connectivity index is 1.40. The van der Waals surface area contributed by atoms with E-state index in [0.29, 0.717) is 17.9 Å². The first kappa shape index (κ1) is 15.2. The van der Waals surface area contributed by atoms with E-state index in [0.717, 1.165) is 44.2 Å². The number of hydrogen-bond donors (Lipinski definition) is 0. The lowest BCUT2D eigenvalue weighted by Crippen LogP contribution is -2.46. The molecule has 4 heteroatoms. The lowest BCUT2D eigenvalue weighted by atomic mass is 9.92. The molecule has 1 aromatic heterocycles. The van der Waals surface area contributed by atoms with E-state index in [2.05, 4.69) is 23.1 Å². The summed E-state index contributed by atoms with van der Waals surface area (Å²) in [5.74, 6) is 2.84. The minimum atomic E-state index is 0.342. The standard InChI is InChI=1S/C19H29N3O/c1-14-11-20-21(12-14)13-17-4-2-3-9-22(17)19(23)10-18(15-5-6-15)16-7-8-16/h11-12,15-18H,2-10,13H2,1H3. The first-order valence-electron chi connectivity index (χ1n) is 9.49. The number of likely N-dealkylation sites (tertiary alicyclic amines) is 1. The summed E-state index contributed by atoms with van der Waals surface area (Å²) in [7, 11) is 0. The van der Waals surface area contributed by atoms with Crippen LogP contribution < -0.4 is 0 Å². The molecule has 0 spiro atoms. The Morgan fingerprint density at radius 1 is 1.22 bits per heavy atom. The van der Waals surface area contributed by atoms with Crippen molar-refractivity contribution in [3.8, 4) is 0 Å². The van der Waals surface area contributed by atoms with Crippen LogP contribution in [0.1, 0.15) is 56.9 Å². The fraction of sp³-hybridized carbons (Fsp3) is 0.789. The molecule has 1 aliphatic heterocycles. The van der Waals surface area contributed by atoms with Crippen molar-refractivity contribution in [2.24, 2.45) is 17.8 Å². The summed E-state index contributed by atoms with van der Waals surface area (Å²) in [6.07, 6.45) is 13.8. The fourth-order valence-electron chi connectivity index (χ4n) is 4.39. The van der Waals surface area contributed by atoms with E-state index in [4.69, 9.17) is 0 Å². The van der Waals surface area contributed by atoms with Gasteiger partial charge >= 0.3 is 0 Å². The van der Waals surface area contributed by atoms with Gasteiger partial charge in [-0.25, -0.2) is 0 Å². The van der Waals surface area contributed by atoms with Crippen LogP contribution in [0.2, 0.25) is 0 Å². The third-order valence-corrected chi connectivity index (χ3v) is 5.97. The highest BCUT2D eigenvalue weighted by atomic mass is 16.2. The van der Waals surface area contributed by atoms with Crippen LogP contribution in [-0.4, -0.2) is 33.2 Å². The molecule has 0 N–H and O–H groups in total. The zero-order chi connectivity index (χ0) is 15.8. The van der Waals surface area contributed by atoms with Crippen LogP contribution in [0.5, 0.6) is 0 Å². The van der Waals surface area contributed by atoms with Gasteiger partial charge in [-0.1, -0.05) is 0 Å². The Morgan fingerprint density at radius 2 is 1.96 bits per heavy atom. The Hall–Kier alpha value is -1.32. The van der Waals surface area contributed by atoms with E-state index >= 15 is 0 Å². The highest BCUT2D eigenvalue weighted by molar-refractivity contribution is 5.77. The monoisotopic (exact) mass is 315 g/mol. The first-order chi connectivity index (χ1) is 11.2. The number of carbonyl (C=O) groups excluding carboxylic acids is 1. The Bertz CT molecular complexity index is 547. The second kappa shape index (κ2) is 6.29. The van der Waals surface area contributed by atoms with Gasteiger partial charge in [-0.3, -0.25) is 9.48 Å². The van der Waals surface area contributed by atoms with Crippen LogP contribution in [0.3, 0.4) is 0 Å².